The lowest BCUT2D eigenvalue weighted by Crippen LogP contribution is -2.33. The van der Waals surface area contributed by atoms with E-state index in [-0.39, 0.29) is 35.5 Å². The van der Waals surface area contributed by atoms with Crippen molar-refractivity contribution in [3.8, 4) is 0 Å². The predicted octanol–water partition coefficient (Wildman–Crippen LogP) is -1.07. The summed E-state index contributed by atoms with van der Waals surface area (Å²) < 4.78 is 38.1. The van der Waals surface area contributed by atoms with Crippen LogP contribution < -0.4 is 22.5 Å². The van der Waals surface area contributed by atoms with Gasteiger partial charge in [0.2, 0.25) is 5.95 Å². The Kier molecular flexibility index (Phi) is 7.55. The maximum atomic E-state index is 13.0. The summed E-state index contributed by atoms with van der Waals surface area (Å²) >= 11 is 4.02. The van der Waals surface area contributed by atoms with Gasteiger partial charge in [-0.15, -0.1) is 0 Å². The first-order valence-corrected chi connectivity index (χ1v) is 14.4. The third-order valence-electron chi connectivity index (χ3n) is 6.45. The summed E-state index contributed by atoms with van der Waals surface area (Å²) in [7, 11) is 0. The number of aliphatic hydroxyl groups is 2. The average molecular weight is 588 g/mol. The molecule has 5 heterocycles. The van der Waals surface area contributed by atoms with E-state index < -0.39 is 73.7 Å². The highest BCUT2D eigenvalue weighted by molar-refractivity contribution is 8.44. The number of nitrogens with zero attached hydrogens (tertiary/aromatic N) is 4. The van der Waals surface area contributed by atoms with Crippen LogP contribution in [0.15, 0.2) is 26.9 Å². The van der Waals surface area contributed by atoms with Crippen LogP contribution in [-0.4, -0.2) is 76.9 Å². The fourth-order valence-electron chi connectivity index (χ4n) is 4.51. The molecular weight excluding hydrogens is 561 g/mol. The van der Waals surface area contributed by atoms with Crippen molar-refractivity contribution in [2.45, 2.75) is 56.6 Å². The number of imidazole rings is 1. The Bertz CT molecular complexity index is 1600. The number of ether oxygens (including phenoxy) is 2. The SMILES string of the molecule is Cc1cn([C@H]2CC(O)[C@@H](CO[P@](=O)(S)OC3C[C@H](n4cnc5c(=O)[nH]c(N)nc54)O[C@@H]3CO)O2)c(=O)[nH]c1=O. The van der Waals surface area contributed by atoms with Gasteiger partial charge in [0, 0.05) is 24.6 Å². The first-order chi connectivity index (χ1) is 18.5. The van der Waals surface area contributed by atoms with Crippen LogP contribution in [0.25, 0.3) is 11.2 Å². The van der Waals surface area contributed by atoms with Crippen molar-refractivity contribution in [1.29, 1.82) is 0 Å². The summed E-state index contributed by atoms with van der Waals surface area (Å²) in [5.74, 6) is -0.119. The van der Waals surface area contributed by atoms with Gasteiger partial charge >= 0.3 is 12.5 Å². The summed E-state index contributed by atoms with van der Waals surface area (Å²) in [5.41, 5.74) is 4.34. The molecule has 0 bridgehead atoms. The molecule has 0 aromatic carbocycles. The largest absolute Gasteiger partial charge is 0.394 e. The average Bonchev–Trinajstić information content (AvgIpc) is 3.56. The summed E-state index contributed by atoms with van der Waals surface area (Å²) in [4.78, 5) is 48.5. The molecule has 2 unspecified atom stereocenters. The van der Waals surface area contributed by atoms with Crippen molar-refractivity contribution in [3.63, 3.8) is 0 Å². The second-order valence-corrected chi connectivity index (χ2v) is 12.0. The minimum absolute atomic E-state index is 0.0160. The highest BCUT2D eigenvalue weighted by Gasteiger charge is 2.42. The maximum Gasteiger partial charge on any atom is 0.386 e. The third-order valence-corrected chi connectivity index (χ3v) is 8.09. The fraction of sp³-hybridized carbons (Fsp3) is 0.550. The van der Waals surface area contributed by atoms with Crippen LogP contribution in [0, 0.1) is 6.92 Å². The number of aryl methyl sites for hydroxylation is 1. The molecule has 0 aliphatic carbocycles. The highest BCUT2D eigenvalue weighted by Crippen LogP contribution is 2.56. The van der Waals surface area contributed by atoms with Crippen molar-refractivity contribution in [1.82, 2.24) is 29.1 Å². The Morgan fingerprint density at radius 2 is 1.90 bits per heavy atom. The lowest BCUT2D eigenvalue weighted by molar-refractivity contribution is -0.0498. The number of nitrogen functional groups attached to an aromatic ring is 1. The summed E-state index contributed by atoms with van der Waals surface area (Å²) in [6, 6.07) is 0. The summed E-state index contributed by atoms with van der Waals surface area (Å²) in [6.45, 7) is -3.44. The third kappa shape index (κ3) is 5.59. The molecule has 3 aromatic heterocycles. The van der Waals surface area contributed by atoms with Gasteiger partial charge in [-0.1, -0.05) is 12.2 Å². The van der Waals surface area contributed by atoms with Gasteiger partial charge in [0.1, 0.15) is 30.8 Å². The molecular formula is C20H26N7O10PS. The number of aromatic nitrogens is 6. The maximum absolute atomic E-state index is 13.0. The number of rotatable bonds is 8. The molecule has 2 fully saturated rings. The van der Waals surface area contributed by atoms with Crippen LogP contribution in [0.5, 0.6) is 0 Å². The van der Waals surface area contributed by atoms with Crippen molar-refractivity contribution in [2.75, 3.05) is 18.9 Å². The van der Waals surface area contributed by atoms with Gasteiger partial charge in [-0.25, -0.2) is 14.3 Å². The van der Waals surface area contributed by atoms with Gasteiger partial charge in [-0.3, -0.25) is 37.7 Å². The number of thiol groups is 1. The van der Waals surface area contributed by atoms with Crippen LogP contribution in [0.2, 0.25) is 0 Å². The number of fused-ring (bicyclic) bond motifs is 1. The molecule has 6 N–H and O–H groups in total. The van der Waals surface area contributed by atoms with Crippen LogP contribution in [0.3, 0.4) is 0 Å². The predicted molar refractivity (Wildman–Crippen MR) is 136 cm³/mol. The minimum atomic E-state index is -4.07. The number of hydrogen-bond acceptors (Lipinski definition) is 13. The molecule has 3 aromatic rings. The van der Waals surface area contributed by atoms with Crippen LogP contribution >= 0.6 is 19.0 Å². The van der Waals surface area contributed by atoms with Crippen LogP contribution in [-0.2, 0) is 23.1 Å². The molecule has 2 aliphatic rings. The number of aromatic amines is 2. The molecule has 5 rings (SSSR count). The van der Waals surface area contributed by atoms with Gasteiger partial charge < -0.3 is 25.4 Å². The molecule has 0 radical (unpaired) electrons. The van der Waals surface area contributed by atoms with Crippen LogP contribution in [0.1, 0.15) is 30.9 Å². The normalized spacial score (nSPS) is 28.7. The zero-order valence-corrected chi connectivity index (χ0v) is 22.2. The van der Waals surface area contributed by atoms with Crippen molar-refractivity contribution < 1.29 is 33.3 Å². The van der Waals surface area contributed by atoms with E-state index in [2.05, 4.69) is 32.2 Å². The van der Waals surface area contributed by atoms with Crippen molar-refractivity contribution >= 4 is 36.2 Å². The van der Waals surface area contributed by atoms with Gasteiger partial charge in [-0.05, 0) is 6.92 Å². The topological polar surface area (TPSA) is 239 Å². The van der Waals surface area contributed by atoms with E-state index >= 15 is 0 Å². The minimum Gasteiger partial charge on any atom is -0.394 e. The Hall–Kier alpha value is -2.83. The second-order valence-electron chi connectivity index (χ2n) is 9.14. The van der Waals surface area contributed by atoms with E-state index in [1.54, 1.807) is 0 Å². The Labute approximate surface area is 223 Å². The van der Waals surface area contributed by atoms with Gasteiger partial charge in [0.05, 0.1) is 25.6 Å². The number of aliphatic hydroxyl groups excluding tert-OH is 2. The zero-order valence-electron chi connectivity index (χ0n) is 20.4. The molecule has 7 atom stereocenters. The number of anilines is 1. The molecule has 19 heteroatoms. The number of nitrogens with one attached hydrogen (secondary N) is 2. The van der Waals surface area contributed by atoms with Crippen LogP contribution in [0.4, 0.5) is 5.95 Å². The van der Waals surface area contributed by atoms with E-state index in [9.17, 15) is 29.2 Å². The van der Waals surface area contributed by atoms with E-state index in [0.29, 0.717) is 0 Å². The van der Waals surface area contributed by atoms with Gasteiger partial charge in [0.25, 0.3) is 11.1 Å². The molecule has 212 valence electrons. The molecule has 0 spiro atoms. The lowest BCUT2D eigenvalue weighted by atomic mass is 10.2. The molecule has 39 heavy (non-hydrogen) atoms. The molecule has 17 nitrogen and oxygen atoms in total. The van der Waals surface area contributed by atoms with E-state index in [4.69, 9.17) is 24.3 Å². The lowest BCUT2D eigenvalue weighted by Gasteiger charge is -2.22. The molecule has 0 amide bonds. The Morgan fingerprint density at radius 3 is 2.64 bits per heavy atom. The smallest absolute Gasteiger partial charge is 0.386 e. The molecule has 2 aliphatic heterocycles. The monoisotopic (exact) mass is 587 g/mol. The molecule has 2 saturated heterocycles. The van der Waals surface area contributed by atoms with Crippen molar-refractivity contribution in [3.05, 3.63) is 49.3 Å². The van der Waals surface area contributed by atoms with Crippen molar-refractivity contribution in [2.24, 2.45) is 0 Å². The van der Waals surface area contributed by atoms with Gasteiger partial charge in [-0.2, -0.15) is 4.98 Å². The summed E-state index contributed by atoms with van der Waals surface area (Å²) in [5, 5.41) is 20.2. The number of hydrogen-bond donors (Lipinski definition) is 6. The van der Waals surface area contributed by atoms with E-state index in [0.717, 1.165) is 4.57 Å². The first-order valence-electron chi connectivity index (χ1n) is 11.8. The Morgan fingerprint density at radius 1 is 1.18 bits per heavy atom. The van der Waals surface area contributed by atoms with Gasteiger partial charge in [0.15, 0.2) is 11.2 Å². The first kappa shape index (κ1) is 27.7. The second kappa shape index (κ2) is 10.6. The fourth-order valence-corrected chi connectivity index (χ4v) is 6.03. The highest BCUT2D eigenvalue weighted by atomic mass is 32.7. The van der Waals surface area contributed by atoms with E-state index in [1.807, 2.05) is 0 Å². The Balaban J connectivity index is 1.23. The standard InChI is InChI=1S/C20H26N7O10PS/c1-8-4-26(20(32)25-17(8)30)13-2-9(29)12(36-13)6-34-38(33,39)37-10-3-14(35-11(10)5-28)27-7-22-15-16(27)23-19(21)24-18(15)31/h4,7,9-14,28-29H,2-3,5-6H2,1H3,(H,33,39)(H,25,30,32)(H3,21,23,24,31)/t9?,10?,11-,12-,13-,14-,38+/m1/s1. The number of nitrogens with two attached hydrogens (primary N) is 1. The number of H-pyrrole nitrogens is 2. The molecule has 0 saturated carbocycles. The zero-order chi connectivity index (χ0) is 28.1. The summed E-state index contributed by atoms with van der Waals surface area (Å²) in [6.07, 6.45) is -2.87. The quantitative estimate of drug-likeness (QED) is 0.136. The van der Waals surface area contributed by atoms with E-state index in [1.165, 1.54) is 24.0 Å².